The number of likely N-dealkylation sites (N-methyl/N-ethyl adjacent to an activating group) is 1. The summed E-state index contributed by atoms with van der Waals surface area (Å²) in [7, 11) is 2.30. The van der Waals surface area contributed by atoms with Crippen molar-refractivity contribution >= 4 is 0 Å². The van der Waals surface area contributed by atoms with Crippen LogP contribution in [0.1, 0.15) is 65.7 Å². The van der Waals surface area contributed by atoms with Crippen LogP contribution in [0.4, 0.5) is 0 Å². The molecule has 112 valence electrons. The van der Waals surface area contributed by atoms with Gasteiger partial charge in [-0.05, 0) is 44.1 Å². The summed E-state index contributed by atoms with van der Waals surface area (Å²) >= 11 is 0. The number of hydrogen-bond donors (Lipinski definition) is 1. The van der Waals surface area contributed by atoms with E-state index in [1.165, 1.54) is 58.0 Å². The van der Waals surface area contributed by atoms with Crippen LogP contribution in [0.3, 0.4) is 0 Å². The minimum Gasteiger partial charge on any atom is -0.310 e. The molecule has 1 aliphatic heterocycles. The van der Waals surface area contributed by atoms with Gasteiger partial charge in [-0.3, -0.25) is 0 Å². The monoisotopic (exact) mass is 266 g/mol. The first-order valence-electron chi connectivity index (χ1n) is 8.37. The highest BCUT2D eigenvalue weighted by Gasteiger charge is 2.29. The SMILES string of the molecule is CN1CC(CC(C)(C)C)CC(NC2CCCCC2)C1. The first kappa shape index (κ1) is 15.3. The number of rotatable bonds is 3. The van der Waals surface area contributed by atoms with Crippen LogP contribution in [0.25, 0.3) is 0 Å². The van der Waals surface area contributed by atoms with E-state index in [1.54, 1.807) is 0 Å². The molecule has 1 N–H and O–H groups in total. The zero-order valence-corrected chi connectivity index (χ0v) is 13.5. The Morgan fingerprint density at radius 3 is 2.32 bits per heavy atom. The highest BCUT2D eigenvalue weighted by molar-refractivity contribution is 4.87. The molecule has 1 heterocycles. The van der Waals surface area contributed by atoms with Crippen molar-refractivity contribution in [2.24, 2.45) is 11.3 Å². The number of nitrogens with zero attached hydrogens (tertiary/aromatic N) is 1. The van der Waals surface area contributed by atoms with Crippen molar-refractivity contribution in [1.29, 1.82) is 0 Å². The zero-order chi connectivity index (χ0) is 13.9. The highest BCUT2D eigenvalue weighted by atomic mass is 15.1. The van der Waals surface area contributed by atoms with Crippen molar-refractivity contribution in [3.8, 4) is 0 Å². The van der Waals surface area contributed by atoms with Crippen LogP contribution in [-0.4, -0.2) is 37.1 Å². The molecule has 0 radical (unpaired) electrons. The first-order valence-corrected chi connectivity index (χ1v) is 8.37. The lowest BCUT2D eigenvalue weighted by Gasteiger charge is -2.40. The van der Waals surface area contributed by atoms with E-state index < -0.39 is 0 Å². The molecular weight excluding hydrogens is 232 g/mol. The van der Waals surface area contributed by atoms with E-state index in [9.17, 15) is 0 Å². The fraction of sp³-hybridized carbons (Fsp3) is 1.00. The van der Waals surface area contributed by atoms with Crippen LogP contribution < -0.4 is 5.32 Å². The molecule has 1 saturated heterocycles. The van der Waals surface area contributed by atoms with Gasteiger partial charge >= 0.3 is 0 Å². The third-order valence-corrected chi connectivity index (χ3v) is 4.70. The van der Waals surface area contributed by atoms with Crippen molar-refractivity contribution in [1.82, 2.24) is 10.2 Å². The largest absolute Gasteiger partial charge is 0.310 e. The van der Waals surface area contributed by atoms with Crippen LogP contribution in [-0.2, 0) is 0 Å². The third-order valence-electron chi connectivity index (χ3n) is 4.70. The van der Waals surface area contributed by atoms with Gasteiger partial charge in [-0.2, -0.15) is 0 Å². The van der Waals surface area contributed by atoms with Crippen molar-refractivity contribution in [3.05, 3.63) is 0 Å². The van der Waals surface area contributed by atoms with Gasteiger partial charge in [0.1, 0.15) is 0 Å². The minimum absolute atomic E-state index is 0.470. The van der Waals surface area contributed by atoms with E-state index in [-0.39, 0.29) is 0 Å². The van der Waals surface area contributed by atoms with E-state index in [1.807, 2.05) is 0 Å². The van der Waals surface area contributed by atoms with Gasteiger partial charge in [0.15, 0.2) is 0 Å². The molecule has 1 aliphatic carbocycles. The molecule has 2 heteroatoms. The predicted molar refractivity (Wildman–Crippen MR) is 83.5 cm³/mol. The molecule has 0 bridgehead atoms. The van der Waals surface area contributed by atoms with Crippen LogP contribution in [0.15, 0.2) is 0 Å². The summed E-state index contributed by atoms with van der Waals surface area (Å²) in [6, 6.07) is 1.54. The van der Waals surface area contributed by atoms with Crippen LogP contribution in [0.5, 0.6) is 0 Å². The second kappa shape index (κ2) is 6.58. The van der Waals surface area contributed by atoms with E-state index >= 15 is 0 Å². The molecule has 19 heavy (non-hydrogen) atoms. The summed E-state index contributed by atoms with van der Waals surface area (Å²) in [5.41, 5.74) is 0.470. The average molecular weight is 266 g/mol. The smallest absolute Gasteiger partial charge is 0.0200 e. The van der Waals surface area contributed by atoms with Gasteiger partial charge in [-0.15, -0.1) is 0 Å². The normalized spacial score (nSPS) is 31.6. The predicted octanol–water partition coefficient (Wildman–Crippen LogP) is 3.67. The molecule has 2 aliphatic rings. The van der Waals surface area contributed by atoms with Gasteiger partial charge in [0.25, 0.3) is 0 Å². The summed E-state index contributed by atoms with van der Waals surface area (Å²) in [4.78, 5) is 2.54. The van der Waals surface area contributed by atoms with Crippen molar-refractivity contribution < 1.29 is 0 Å². The maximum atomic E-state index is 3.96. The number of likely N-dealkylation sites (tertiary alicyclic amines) is 1. The lowest BCUT2D eigenvalue weighted by Crippen LogP contribution is -2.51. The van der Waals surface area contributed by atoms with E-state index in [0.29, 0.717) is 5.41 Å². The standard InChI is InChI=1S/C17H34N2/c1-17(2,3)11-14-10-16(13-19(4)12-14)18-15-8-6-5-7-9-15/h14-16,18H,5-13H2,1-4H3. The second-order valence-corrected chi connectivity index (χ2v) is 8.29. The van der Waals surface area contributed by atoms with E-state index in [2.05, 4.69) is 38.0 Å². The number of nitrogens with one attached hydrogen (secondary N) is 1. The highest BCUT2D eigenvalue weighted by Crippen LogP contribution is 2.30. The van der Waals surface area contributed by atoms with Gasteiger partial charge in [0.05, 0.1) is 0 Å². The quantitative estimate of drug-likeness (QED) is 0.838. The van der Waals surface area contributed by atoms with E-state index in [4.69, 9.17) is 0 Å². The van der Waals surface area contributed by atoms with Crippen LogP contribution in [0.2, 0.25) is 0 Å². The molecule has 1 saturated carbocycles. The molecule has 0 aromatic rings. The summed E-state index contributed by atoms with van der Waals surface area (Å²) in [5, 5.41) is 3.96. The maximum Gasteiger partial charge on any atom is 0.0200 e. The Hall–Kier alpha value is -0.0800. The van der Waals surface area contributed by atoms with Gasteiger partial charge in [-0.1, -0.05) is 40.0 Å². The zero-order valence-electron chi connectivity index (χ0n) is 13.5. The second-order valence-electron chi connectivity index (χ2n) is 8.29. The Kier molecular flexibility index (Phi) is 5.30. The lowest BCUT2D eigenvalue weighted by molar-refractivity contribution is 0.126. The Morgan fingerprint density at radius 2 is 1.68 bits per heavy atom. The summed E-state index contributed by atoms with van der Waals surface area (Å²) in [5.74, 6) is 0.875. The minimum atomic E-state index is 0.470. The van der Waals surface area contributed by atoms with Crippen molar-refractivity contribution in [3.63, 3.8) is 0 Å². The van der Waals surface area contributed by atoms with E-state index in [0.717, 1.165) is 18.0 Å². The molecule has 2 nitrogen and oxygen atoms in total. The molecule has 2 atom stereocenters. The molecule has 2 rings (SSSR count). The molecular formula is C17H34N2. The maximum absolute atomic E-state index is 3.96. The molecule has 0 aromatic heterocycles. The van der Waals surface area contributed by atoms with Gasteiger partial charge in [-0.25, -0.2) is 0 Å². The molecule has 0 spiro atoms. The Labute approximate surface area is 120 Å². The topological polar surface area (TPSA) is 15.3 Å². The Morgan fingerprint density at radius 1 is 1.00 bits per heavy atom. The summed E-state index contributed by atoms with van der Waals surface area (Å²) in [6.45, 7) is 9.68. The lowest BCUT2D eigenvalue weighted by atomic mass is 9.80. The summed E-state index contributed by atoms with van der Waals surface area (Å²) in [6.07, 6.45) is 9.89. The van der Waals surface area contributed by atoms with Gasteiger partial charge in [0.2, 0.25) is 0 Å². The Balaban J connectivity index is 1.82. The Bertz CT molecular complexity index is 263. The molecule has 2 fully saturated rings. The number of piperidine rings is 1. The molecule has 2 unspecified atom stereocenters. The summed E-state index contributed by atoms with van der Waals surface area (Å²) < 4.78 is 0. The van der Waals surface area contributed by atoms with Gasteiger partial charge in [0, 0.05) is 25.2 Å². The average Bonchev–Trinajstić information content (AvgIpc) is 2.26. The fourth-order valence-electron chi connectivity index (χ4n) is 4.18. The first-order chi connectivity index (χ1) is 8.92. The van der Waals surface area contributed by atoms with Gasteiger partial charge < -0.3 is 10.2 Å². The fourth-order valence-corrected chi connectivity index (χ4v) is 4.18. The van der Waals surface area contributed by atoms with Crippen LogP contribution in [0, 0.1) is 11.3 Å². The molecule has 0 aromatic carbocycles. The number of hydrogen-bond acceptors (Lipinski definition) is 2. The van der Waals surface area contributed by atoms with Crippen LogP contribution >= 0.6 is 0 Å². The molecule has 0 amide bonds. The van der Waals surface area contributed by atoms with Crippen molar-refractivity contribution in [2.75, 3.05) is 20.1 Å². The van der Waals surface area contributed by atoms with Crippen molar-refractivity contribution in [2.45, 2.75) is 77.8 Å². The third kappa shape index (κ3) is 5.43.